The molecule has 3 aliphatic rings. The number of amides is 2. The van der Waals surface area contributed by atoms with Crippen molar-refractivity contribution < 1.29 is 9.59 Å². The molecule has 176 valence electrons. The molecule has 2 saturated heterocycles. The van der Waals surface area contributed by atoms with Crippen LogP contribution >= 0.6 is 0 Å². The van der Waals surface area contributed by atoms with Gasteiger partial charge in [0.2, 0.25) is 11.8 Å². The molecule has 3 heterocycles. The highest BCUT2D eigenvalue weighted by molar-refractivity contribution is 5.80. The number of aromatic nitrogens is 2. The summed E-state index contributed by atoms with van der Waals surface area (Å²) in [6.07, 6.45) is 9.63. The van der Waals surface area contributed by atoms with Crippen LogP contribution in [0.4, 0.5) is 5.82 Å². The monoisotopic (exact) mass is 442 g/mol. The molecule has 3 N–H and O–H groups in total. The Morgan fingerprint density at radius 3 is 2.38 bits per heavy atom. The van der Waals surface area contributed by atoms with Gasteiger partial charge in [0, 0.05) is 36.8 Å². The standard InChI is InChI=1S/C24H38N6O2/c1-17-26-21(15-22(27-17)28-20-4-2-3-5-20)14-18-6-10-29(11-7-18)16-23(31)30-12-8-19(9-13-30)24(25)32/h15,18-20H,2-14,16H2,1H3,(H2,25,32)(H,26,27,28). The number of nitrogens with one attached hydrogen (secondary N) is 1. The summed E-state index contributed by atoms with van der Waals surface area (Å²) in [4.78, 5) is 37.5. The van der Waals surface area contributed by atoms with Crippen LogP contribution in [0.25, 0.3) is 0 Å². The predicted molar refractivity (Wildman–Crippen MR) is 124 cm³/mol. The lowest BCUT2D eigenvalue weighted by Gasteiger charge is -2.35. The third-order valence-corrected chi connectivity index (χ3v) is 7.41. The third-order valence-electron chi connectivity index (χ3n) is 7.41. The van der Waals surface area contributed by atoms with E-state index in [1.807, 2.05) is 11.8 Å². The summed E-state index contributed by atoms with van der Waals surface area (Å²) in [5, 5.41) is 3.60. The van der Waals surface area contributed by atoms with E-state index in [1.165, 1.54) is 25.7 Å². The lowest BCUT2D eigenvalue weighted by Crippen LogP contribution is -2.47. The molecule has 8 nitrogen and oxygen atoms in total. The minimum atomic E-state index is -0.237. The molecule has 0 atom stereocenters. The molecular formula is C24H38N6O2. The molecule has 2 amide bonds. The van der Waals surface area contributed by atoms with Crippen LogP contribution in [0, 0.1) is 18.8 Å². The van der Waals surface area contributed by atoms with Gasteiger partial charge in [0.25, 0.3) is 0 Å². The van der Waals surface area contributed by atoms with Crippen LogP contribution < -0.4 is 11.1 Å². The zero-order chi connectivity index (χ0) is 22.5. The molecular weight excluding hydrogens is 404 g/mol. The van der Waals surface area contributed by atoms with Gasteiger partial charge in [-0.25, -0.2) is 9.97 Å². The molecule has 32 heavy (non-hydrogen) atoms. The maximum Gasteiger partial charge on any atom is 0.236 e. The first-order chi connectivity index (χ1) is 15.5. The maximum absolute atomic E-state index is 12.7. The fourth-order valence-corrected chi connectivity index (χ4v) is 5.44. The van der Waals surface area contributed by atoms with Crippen LogP contribution in [0.1, 0.15) is 62.9 Å². The average molecular weight is 443 g/mol. The van der Waals surface area contributed by atoms with Gasteiger partial charge in [-0.1, -0.05) is 12.8 Å². The molecule has 0 bridgehead atoms. The summed E-state index contributed by atoms with van der Waals surface area (Å²) in [5.41, 5.74) is 6.53. The Labute approximate surface area is 191 Å². The predicted octanol–water partition coefficient (Wildman–Crippen LogP) is 2.12. The van der Waals surface area contributed by atoms with Gasteiger partial charge in [-0.05, 0) is 70.9 Å². The van der Waals surface area contributed by atoms with Gasteiger partial charge < -0.3 is 16.0 Å². The first kappa shape index (κ1) is 23.0. The highest BCUT2D eigenvalue weighted by Crippen LogP contribution is 2.25. The Kier molecular flexibility index (Phi) is 7.60. The largest absolute Gasteiger partial charge is 0.369 e. The highest BCUT2D eigenvalue weighted by atomic mass is 16.2. The average Bonchev–Trinajstić information content (AvgIpc) is 3.28. The van der Waals surface area contributed by atoms with E-state index in [1.54, 1.807) is 0 Å². The summed E-state index contributed by atoms with van der Waals surface area (Å²) in [7, 11) is 0. The molecule has 3 fully saturated rings. The van der Waals surface area contributed by atoms with Crippen molar-refractivity contribution in [3.63, 3.8) is 0 Å². The number of carbonyl (C=O) groups is 2. The molecule has 4 rings (SSSR count). The van der Waals surface area contributed by atoms with E-state index in [2.05, 4.69) is 21.3 Å². The molecule has 8 heteroatoms. The number of nitrogens with zero attached hydrogens (tertiary/aromatic N) is 4. The summed E-state index contributed by atoms with van der Waals surface area (Å²) < 4.78 is 0. The van der Waals surface area contributed by atoms with E-state index >= 15 is 0 Å². The summed E-state index contributed by atoms with van der Waals surface area (Å²) >= 11 is 0. The number of anilines is 1. The maximum atomic E-state index is 12.7. The first-order valence-electron chi connectivity index (χ1n) is 12.4. The van der Waals surface area contributed by atoms with Crippen molar-refractivity contribution in [3.05, 3.63) is 17.6 Å². The normalized spacial score (nSPS) is 21.7. The Morgan fingerprint density at radius 2 is 1.72 bits per heavy atom. The number of aryl methyl sites for hydroxylation is 1. The number of likely N-dealkylation sites (tertiary alicyclic amines) is 2. The summed E-state index contributed by atoms with van der Waals surface area (Å²) in [6, 6.07) is 2.69. The zero-order valence-electron chi connectivity index (χ0n) is 19.4. The topological polar surface area (TPSA) is 104 Å². The number of hydrogen-bond acceptors (Lipinski definition) is 6. The fraction of sp³-hybridized carbons (Fsp3) is 0.750. The lowest BCUT2D eigenvalue weighted by atomic mass is 9.92. The summed E-state index contributed by atoms with van der Waals surface area (Å²) in [5.74, 6) is 2.28. The molecule has 1 aromatic rings. The van der Waals surface area contributed by atoms with E-state index in [4.69, 9.17) is 10.7 Å². The van der Waals surface area contributed by atoms with Crippen molar-refractivity contribution in [1.82, 2.24) is 19.8 Å². The van der Waals surface area contributed by atoms with Crippen LogP contribution in [0.15, 0.2) is 6.07 Å². The van der Waals surface area contributed by atoms with Gasteiger partial charge in [0.15, 0.2) is 0 Å². The van der Waals surface area contributed by atoms with E-state index in [0.717, 1.165) is 49.7 Å². The Bertz CT molecular complexity index is 794. The van der Waals surface area contributed by atoms with Gasteiger partial charge in [-0.2, -0.15) is 0 Å². The number of carbonyl (C=O) groups excluding carboxylic acids is 2. The molecule has 1 aromatic heterocycles. The van der Waals surface area contributed by atoms with Crippen LogP contribution in [0.5, 0.6) is 0 Å². The Balaban J connectivity index is 1.21. The van der Waals surface area contributed by atoms with Crippen molar-refractivity contribution in [1.29, 1.82) is 0 Å². The van der Waals surface area contributed by atoms with Crippen molar-refractivity contribution in [3.8, 4) is 0 Å². The second-order valence-corrected chi connectivity index (χ2v) is 9.90. The highest BCUT2D eigenvalue weighted by Gasteiger charge is 2.28. The third kappa shape index (κ3) is 6.18. The molecule has 0 spiro atoms. The van der Waals surface area contributed by atoms with Crippen LogP contribution in [0.2, 0.25) is 0 Å². The summed E-state index contributed by atoms with van der Waals surface area (Å²) in [6.45, 7) is 5.65. The quantitative estimate of drug-likeness (QED) is 0.670. The Hall–Kier alpha value is -2.22. The molecule has 0 aromatic carbocycles. The van der Waals surface area contributed by atoms with Crippen LogP contribution in [-0.4, -0.2) is 70.3 Å². The van der Waals surface area contributed by atoms with E-state index in [9.17, 15) is 9.59 Å². The van der Waals surface area contributed by atoms with Gasteiger partial charge >= 0.3 is 0 Å². The minimum absolute atomic E-state index is 0.0749. The number of primary amides is 1. The van der Waals surface area contributed by atoms with Crippen LogP contribution in [0.3, 0.4) is 0 Å². The second-order valence-electron chi connectivity index (χ2n) is 9.90. The van der Waals surface area contributed by atoms with E-state index < -0.39 is 0 Å². The SMILES string of the molecule is Cc1nc(CC2CCN(CC(=O)N3CCC(C(N)=O)CC3)CC2)cc(NC2CCCC2)n1. The molecule has 2 aliphatic heterocycles. The van der Waals surface area contributed by atoms with Gasteiger partial charge in [0.1, 0.15) is 11.6 Å². The van der Waals surface area contributed by atoms with Crippen molar-refractivity contribution in [2.45, 2.75) is 70.8 Å². The van der Waals surface area contributed by atoms with E-state index in [-0.39, 0.29) is 17.7 Å². The van der Waals surface area contributed by atoms with Crippen molar-refractivity contribution in [2.24, 2.45) is 17.6 Å². The fourth-order valence-electron chi connectivity index (χ4n) is 5.44. The molecule has 0 unspecified atom stereocenters. The van der Waals surface area contributed by atoms with Gasteiger partial charge in [-0.15, -0.1) is 0 Å². The molecule has 1 saturated carbocycles. The Morgan fingerprint density at radius 1 is 1.03 bits per heavy atom. The van der Waals surface area contributed by atoms with Crippen LogP contribution in [-0.2, 0) is 16.0 Å². The second kappa shape index (κ2) is 10.6. The molecule has 1 aliphatic carbocycles. The number of rotatable bonds is 7. The smallest absolute Gasteiger partial charge is 0.236 e. The molecule has 0 radical (unpaired) electrons. The van der Waals surface area contributed by atoms with Gasteiger partial charge in [0.05, 0.1) is 6.54 Å². The lowest BCUT2D eigenvalue weighted by molar-refractivity contribution is -0.136. The number of nitrogens with two attached hydrogens (primary N) is 1. The van der Waals surface area contributed by atoms with Crippen molar-refractivity contribution in [2.75, 3.05) is 38.0 Å². The van der Waals surface area contributed by atoms with E-state index in [0.29, 0.717) is 44.4 Å². The number of hydrogen-bond donors (Lipinski definition) is 2. The number of piperidine rings is 2. The van der Waals surface area contributed by atoms with Gasteiger partial charge in [-0.3, -0.25) is 14.5 Å². The zero-order valence-corrected chi connectivity index (χ0v) is 19.4. The first-order valence-corrected chi connectivity index (χ1v) is 12.4. The minimum Gasteiger partial charge on any atom is -0.369 e. The van der Waals surface area contributed by atoms with Crippen molar-refractivity contribution >= 4 is 17.6 Å².